The molecule has 0 aliphatic carbocycles. The highest BCUT2D eigenvalue weighted by Crippen LogP contribution is 2.33. The third-order valence-corrected chi connectivity index (χ3v) is 3.55. The molecule has 0 bridgehead atoms. The van der Waals surface area contributed by atoms with Crippen LogP contribution in [0.15, 0.2) is 0 Å². The van der Waals surface area contributed by atoms with Crippen molar-refractivity contribution in [3.63, 3.8) is 0 Å². The minimum atomic E-state index is -1.41. The quantitative estimate of drug-likeness (QED) is 0.545. The van der Waals surface area contributed by atoms with E-state index in [1.807, 2.05) is 0 Å². The Balaban J connectivity index is 2.99. The van der Waals surface area contributed by atoms with E-state index in [1.165, 1.54) is 0 Å². The van der Waals surface area contributed by atoms with Gasteiger partial charge in [-0.25, -0.2) is 0 Å². The van der Waals surface area contributed by atoms with Gasteiger partial charge < -0.3 is 19.9 Å². The molecular weight excluding hydrogens is 250 g/mol. The number of nitrogens with one attached hydrogen (secondary N) is 1. The third-order valence-electron chi connectivity index (χ3n) is 3.55. The second-order valence-electron chi connectivity index (χ2n) is 4.78. The van der Waals surface area contributed by atoms with E-state index in [2.05, 4.69) is 5.32 Å². The SMILES string of the molecule is CCOC(=O)C(C(=O)OCC)C1(O)CCNCC1C. The molecule has 0 radical (unpaired) electrons. The van der Waals surface area contributed by atoms with Gasteiger partial charge in [0, 0.05) is 6.54 Å². The van der Waals surface area contributed by atoms with Crippen molar-refractivity contribution in [2.75, 3.05) is 26.3 Å². The highest BCUT2D eigenvalue weighted by Gasteiger charge is 2.52. The predicted octanol–water partition coefficient (Wildman–Crippen LogP) is 0.0893. The monoisotopic (exact) mass is 273 g/mol. The Bertz CT molecular complexity index is 315. The fourth-order valence-electron chi connectivity index (χ4n) is 2.41. The molecule has 0 aromatic heterocycles. The van der Waals surface area contributed by atoms with E-state index in [0.29, 0.717) is 19.5 Å². The fraction of sp³-hybridized carbons (Fsp3) is 0.846. The van der Waals surface area contributed by atoms with Crippen LogP contribution in [0.1, 0.15) is 27.2 Å². The van der Waals surface area contributed by atoms with Gasteiger partial charge in [0.2, 0.25) is 0 Å². The van der Waals surface area contributed by atoms with E-state index in [9.17, 15) is 14.7 Å². The molecule has 19 heavy (non-hydrogen) atoms. The van der Waals surface area contributed by atoms with Gasteiger partial charge in [-0.1, -0.05) is 6.92 Å². The molecule has 1 rings (SSSR count). The normalized spacial score (nSPS) is 27.1. The van der Waals surface area contributed by atoms with Gasteiger partial charge >= 0.3 is 11.9 Å². The summed E-state index contributed by atoms with van der Waals surface area (Å²) in [5.41, 5.74) is -1.41. The summed E-state index contributed by atoms with van der Waals surface area (Å²) in [6.45, 7) is 6.56. The number of esters is 2. The molecule has 0 amide bonds. The molecule has 2 unspecified atom stereocenters. The lowest BCUT2D eigenvalue weighted by molar-refractivity contribution is -0.181. The summed E-state index contributed by atoms with van der Waals surface area (Å²) in [7, 11) is 0. The Kier molecular flexibility index (Phi) is 5.75. The number of rotatable bonds is 5. The Labute approximate surface area is 113 Å². The predicted molar refractivity (Wildman–Crippen MR) is 68.4 cm³/mol. The van der Waals surface area contributed by atoms with Crippen LogP contribution in [0.5, 0.6) is 0 Å². The molecule has 1 saturated heterocycles. The number of carbonyl (C=O) groups is 2. The first-order chi connectivity index (χ1) is 8.97. The fourth-order valence-corrected chi connectivity index (χ4v) is 2.41. The van der Waals surface area contributed by atoms with E-state index in [4.69, 9.17) is 9.47 Å². The average Bonchev–Trinajstić information content (AvgIpc) is 2.34. The Morgan fingerprint density at radius 2 is 1.84 bits per heavy atom. The molecule has 2 atom stereocenters. The minimum Gasteiger partial charge on any atom is -0.465 e. The molecule has 2 N–H and O–H groups in total. The Morgan fingerprint density at radius 3 is 2.26 bits per heavy atom. The van der Waals surface area contributed by atoms with Gasteiger partial charge in [-0.2, -0.15) is 0 Å². The first-order valence-electron chi connectivity index (χ1n) is 6.73. The van der Waals surface area contributed by atoms with Crippen LogP contribution in [0.4, 0.5) is 0 Å². The highest BCUT2D eigenvalue weighted by molar-refractivity contribution is 5.96. The van der Waals surface area contributed by atoms with Crippen LogP contribution in [-0.4, -0.2) is 48.9 Å². The molecule has 1 aliphatic rings. The lowest BCUT2D eigenvalue weighted by Gasteiger charge is -2.41. The standard InChI is InChI=1S/C13H23NO5/c1-4-18-11(15)10(12(16)19-5-2)13(17)6-7-14-8-9(13)3/h9-10,14,17H,4-8H2,1-3H3. The van der Waals surface area contributed by atoms with Crippen LogP contribution in [-0.2, 0) is 19.1 Å². The smallest absolute Gasteiger partial charge is 0.323 e. The summed E-state index contributed by atoms with van der Waals surface area (Å²) in [4.78, 5) is 24.0. The second kappa shape index (κ2) is 6.86. The van der Waals surface area contributed by atoms with Crippen molar-refractivity contribution >= 4 is 11.9 Å². The topological polar surface area (TPSA) is 84.9 Å². The largest absolute Gasteiger partial charge is 0.465 e. The lowest BCUT2D eigenvalue weighted by Crippen LogP contribution is -2.58. The van der Waals surface area contributed by atoms with Gasteiger partial charge in [0.1, 0.15) is 0 Å². The Morgan fingerprint density at radius 1 is 1.32 bits per heavy atom. The number of ether oxygens (including phenoxy) is 2. The molecular formula is C13H23NO5. The number of hydrogen-bond acceptors (Lipinski definition) is 6. The van der Waals surface area contributed by atoms with Crippen LogP contribution in [0.3, 0.4) is 0 Å². The maximum Gasteiger partial charge on any atom is 0.323 e. The van der Waals surface area contributed by atoms with Crippen LogP contribution >= 0.6 is 0 Å². The first kappa shape index (κ1) is 15.9. The van der Waals surface area contributed by atoms with Crippen molar-refractivity contribution in [1.29, 1.82) is 0 Å². The zero-order chi connectivity index (χ0) is 14.5. The van der Waals surface area contributed by atoms with Gasteiger partial charge in [-0.15, -0.1) is 0 Å². The number of piperidine rings is 1. The first-order valence-corrected chi connectivity index (χ1v) is 6.73. The Hall–Kier alpha value is -1.14. The number of carbonyl (C=O) groups excluding carboxylic acids is 2. The molecule has 0 saturated carbocycles. The summed E-state index contributed by atoms with van der Waals surface area (Å²) >= 11 is 0. The van der Waals surface area contributed by atoms with Crippen molar-refractivity contribution < 1.29 is 24.2 Å². The van der Waals surface area contributed by atoms with Crippen LogP contribution in [0.2, 0.25) is 0 Å². The summed E-state index contributed by atoms with van der Waals surface area (Å²) in [6, 6.07) is 0. The van der Waals surface area contributed by atoms with Gasteiger partial charge in [-0.3, -0.25) is 9.59 Å². The molecule has 0 aromatic carbocycles. The molecule has 0 aromatic rings. The third kappa shape index (κ3) is 3.45. The summed E-state index contributed by atoms with van der Waals surface area (Å²) in [5, 5.41) is 13.9. The van der Waals surface area contributed by atoms with Crippen molar-refractivity contribution in [2.45, 2.75) is 32.8 Å². The van der Waals surface area contributed by atoms with Gasteiger partial charge in [0.05, 0.1) is 18.8 Å². The van der Waals surface area contributed by atoms with E-state index < -0.39 is 23.5 Å². The van der Waals surface area contributed by atoms with Crippen molar-refractivity contribution in [2.24, 2.45) is 11.8 Å². The van der Waals surface area contributed by atoms with Gasteiger partial charge in [0.25, 0.3) is 0 Å². The molecule has 1 aliphatic heterocycles. The number of hydrogen-bond donors (Lipinski definition) is 2. The average molecular weight is 273 g/mol. The van der Waals surface area contributed by atoms with Crippen LogP contribution < -0.4 is 5.32 Å². The maximum atomic E-state index is 12.0. The summed E-state index contributed by atoms with van der Waals surface area (Å²) < 4.78 is 9.84. The van der Waals surface area contributed by atoms with E-state index in [0.717, 1.165) is 0 Å². The summed E-state index contributed by atoms with van der Waals surface area (Å²) in [6.07, 6.45) is 0.316. The number of aliphatic hydroxyl groups is 1. The summed E-state index contributed by atoms with van der Waals surface area (Å²) in [5.74, 6) is -2.93. The molecule has 6 heteroatoms. The minimum absolute atomic E-state index is 0.164. The lowest BCUT2D eigenvalue weighted by atomic mass is 9.73. The maximum absolute atomic E-state index is 12.0. The zero-order valence-corrected chi connectivity index (χ0v) is 11.8. The zero-order valence-electron chi connectivity index (χ0n) is 11.8. The van der Waals surface area contributed by atoms with E-state index in [1.54, 1.807) is 20.8 Å². The highest BCUT2D eigenvalue weighted by atomic mass is 16.6. The molecule has 1 fully saturated rings. The van der Waals surface area contributed by atoms with Crippen molar-refractivity contribution in [1.82, 2.24) is 5.32 Å². The molecule has 6 nitrogen and oxygen atoms in total. The second-order valence-corrected chi connectivity index (χ2v) is 4.78. The van der Waals surface area contributed by atoms with Crippen molar-refractivity contribution in [3.05, 3.63) is 0 Å². The van der Waals surface area contributed by atoms with E-state index >= 15 is 0 Å². The van der Waals surface area contributed by atoms with Crippen molar-refractivity contribution in [3.8, 4) is 0 Å². The molecule has 1 heterocycles. The van der Waals surface area contributed by atoms with Crippen LogP contribution in [0.25, 0.3) is 0 Å². The molecule has 110 valence electrons. The van der Waals surface area contributed by atoms with Gasteiger partial charge in [-0.05, 0) is 32.7 Å². The van der Waals surface area contributed by atoms with Crippen LogP contribution in [0, 0.1) is 11.8 Å². The van der Waals surface area contributed by atoms with E-state index in [-0.39, 0.29) is 19.1 Å². The molecule has 0 spiro atoms. The van der Waals surface area contributed by atoms with Gasteiger partial charge in [0.15, 0.2) is 5.92 Å².